The molecule has 0 fully saturated rings. The van der Waals surface area contributed by atoms with Crippen molar-refractivity contribution in [1.82, 2.24) is 14.8 Å². The molecule has 0 radical (unpaired) electrons. The second-order valence-corrected chi connectivity index (χ2v) is 12.1. The molecule has 6 nitrogen and oxygen atoms in total. The summed E-state index contributed by atoms with van der Waals surface area (Å²) in [5.41, 5.74) is 0. The second kappa shape index (κ2) is 5.53. The quantitative estimate of drug-likeness (QED) is 0.864. The van der Waals surface area contributed by atoms with E-state index < -0.39 is 14.3 Å². The summed E-state index contributed by atoms with van der Waals surface area (Å²) in [7, 11) is -1.84. The van der Waals surface area contributed by atoms with Gasteiger partial charge in [-0.15, -0.1) is 10.2 Å². The first-order valence-corrected chi connectivity index (χ1v) is 10.3. The van der Waals surface area contributed by atoms with Gasteiger partial charge in [0.2, 0.25) is 0 Å². The zero-order valence-electron chi connectivity index (χ0n) is 13.5. The lowest BCUT2D eigenvalue weighted by Crippen LogP contribution is -2.40. The zero-order valence-corrected chi connectivity index (χ0v) is 14.5. The van der Waals surface area contributed by atoms with Crippen LogP contribution in [0.1, 0.15) is 38.8 Å². The molecule has 1 N–H and O–H groups in total. The highest BCUT2D eigenvalue weighted by Crippen LogP contribution is 2.37. The SMILES string of the molecule is CC(C)(C)[Si](C)(C)OCc1nnc2n1CC(C(=O)O)CC2. The number of carbonyl (C=O) groups is 1. The Morgan fingerprint density at radius 1 is 1.43 bits per heavy atom. The molecule has 1 atom stereocenters. The number of carboxylic acid groups (broad SMARTS) is 1. The smallest absolute Gasteiger partial charge is 0.308 e. The Hall–Kier alpha value is -1.21. The van der Waals surface area contributed by atoms with Crippen LogP contribution in [-0.2, 0) is 28.8 Å². The maximum atomic E-state index is 11.2. The summed E-state index contributed by atoms with van der Waals surface area (Å²) in [6.45, 7) is 11.8. The Kier molecular flexibility index (Phi) is 4.26. The molecular weight excluding hydrogens is 286 g/mol. The summed E-state index contributed by atoms with van der Waals surface area (Å²) in [5, 5.41) is 17.7. The molecule has 1 aromatic heterocycles. The van der Waals surface area contributed by atoms with Crippen molar-refractivity contribution >= 4 is 14.3 Å². The molecule has 1 aliphatic heterocycles. The lowest BCUT2D eigenvalue weighted by molar-refractivity contribution is -0.142. The maximum Gasteiger partial charge on any atom is 0.308 e. The van der Waals surface area contributed by atoms with Gasteiger partial charge in [-0.2, -0.15) is 0 Å². The van der Waals surface area contributed by atoms with Crippen molar-refractivity contribution in [3.8, 4) is 0 Å². The van der Waals surface area contributed by atoms with Crippen molar-refractivity contribution in [1.29, 1.82) is 0 Å². The van der Waals surface area contributed by atoms with Crippen LogP contribution in [0.2, 0.25) is 18.1 Å². The molecule has 21 heavy (non-hydrogen) atoms. The van der Waals surface area contributed by atoms with Crippen molar-refractivity contribution < 1.29 is 14.3 Å². The van der Waals surface area contributed by atoms with Crippen molar-refractivity contribution in [3.63, 3.8) is 0 Å². The van der Waals surface area contributed by atoms with Gasteiger partial charge in [0.15, 0.2) is 14.1 Å². The zero-order chi connectivity index (χ0) is 15.8. The van der Waals surface area contributed by atoms with Gasteiger partial charge >= 0.3 is 5.97 Å². The summed E-state index contributed by atoms with van der Waals surface area (Å²) < 4.78 is 8.09. The van der Waals surface area contributed by atoms with Gasteiger partial charge in [0, 0.05) is 13.0 Å². The molecule has 0 spiro atoms. The van der Waals surface area contributed by atoms with Crippen molar-refractivity contribution in [3.05, 3.63) is 11.6 Å². The first-order chi connectivity index (χ1) is 9.62. The van der Waals surface area contributed by atoms with E-state index in [-0.39, 0.29) is 11.0 Å². The highest BCUT2D eigenvalue weighted by atomic mass is 28.4. The van der Waals surface area contributed by atoms with E-state index in [4.69, 9.17) is 4.43 Å². The molecule has 1 aliphatic rings. The standard InChI is InChI=1S/C14H25N3O3Si/c1-14(2,3)21(4,5)20-9-12-16-15-11-7-6-10(13(18)19)8-17(11)12/h10H,6-9H2,1-5H3,(H,18,19). The van der Waals surface area contributed by atoms with E-state index in [1.54, 1.807) is 0 Å². The largest absolute Gasteiger partial charge is 0.481 e. The number of carboxylic acids is 1. The fourth-order valence-electron chi connectivity index (χ4n) is 2.15. The normalized spacial score (nSPS) is 19.4. The highest BCUT2D eigenvalue weighted by Gasteiger charge is 2.37. The van der Waals surface area contributed by atoms with E-state index in [1.165, 1.54) is 0 Å². The van der Waals surface area contributed by atoms with Gasteiger partial charge in [0.25, 0.3) is 0 Å². The maximum absolute atomic E-state index is 11.2. The number of hydrogen-bond donors (Lipinski definition) is 1. The van der Waals surface area contributed by atoms with Gasteiger partial charge in [-0.3, -0.25) is 4.79 Å². The van der Waals surface area contributed by atoms with Crippen LogP contribution >= 0.6 is 0 Å². The molecule has 1 unspecified atom stereocenters. The Labute approximate surface area is 126 Å². The molecule has 118 valence electrons. The first kappa shape index (κ1) is 16.2. The fraction of sp³-hybridized carbons (Fsp3) is 0.786. The number of fused-ring (bicyclic) bond motifs is 1. The van der Waals surface area contributed by atoms with Crippen LogP contribution in [0.15, 0.2) is 0 Å². The molecule has 0 aromatic carbocycles. The van der Waals surface area contributed by atoms with E-state index in [0.29, 0.717) is 26.0 Å². The van der Waals surface area contributed by atoms with Crippen LogP contribution in [0.5, 0.6) is 0 Å². The van der Waals surface area contributed by atoms with Crippen LogP contribution in [-0.4, -0.2) is 34.2 Å². The molecule has 7 heteroatoms. The summed E-state index contributed by atoms with van der Waals surface area (Å²) in [6, 6.07) is 0. The number of aryl methyl sites for hydroxylation is 1. The van der Waals surface area contributed by atoms with E-state index in [2.05, 4.69) is 44.1 Å². The van der Waals surface area contributed by atoms with Crippen LogP contribution in [0.3, 0.4) is 0 Å². The van der Waals surface area contributed by atoms with Crippen LogP contribution < -0.4 is 0 Å². The van der Waals surface area contributed by atoms with Crippen molar-refractivity contribution in [2.24, 2.45) is 5.92 Å². The first-order valence-electron chi connectivity index (χ1n) is 7.39. The number of rotatable bonds is 4. The van der Waals surface area contributed by atoms with Crippen molar-refractivity contribution in [2.75, 3.05) is 0 Å². The molecule has 2 heterocycles. The minimum Gasteiger partial charge on any atom is -0.481 e. The topological polar surface area (TPSA) is 77.2 Å². The molecule has 0 saturated carbocycles. The van der Waals surface area contributed by atoms with E-state index in [0.717, 1.165) is 11.6 Å². The minimum absolute atomic E-state index is 0.140. The number of aromatic nitrogens is 3. The van der Waals surface area contributed by atoms with Gasteiger partial charge in [0.05, 0.1) is 12.5 Å². The Morgan fingerprint density at radius 3 is 2.67 bits per heavy atom. The number of hydrogen-bond acceptors (Lipinski definition) is 4. The van der Waals surface area contributed by atoms with Gasteiger partial charge in [0.1, 0.15) is 5.82 Å². The summed E-state index contributed by atoms with van der Waals surface area (Å²) in [5.74, 6) is 0.535. The minimum atomic E-state index is -1.84. The lowest BCUT2D eigenvalue weighted by atomic mass is 10.00. The molecule has 1 aromatic rings. The van der Waals surface area contributed by atoms with Gasteiger partial charge in [-0.05, 0) is 24.6 Å². The van der Waals surface area contributed by atoms with Crippen LogP contribution in [0, 0.1) is 5.92 Å². The molecule has 0 saturated heterocycles. The third-order valence-electron chi connectivity index (χ3n) is 4.74. The molecular formula is C14H25N3O3Si. The fourth-order valence-corrected chi connectivity index (χ4v) is 3.08. The number of aliphatic carboxylic acids is 1. The van der Waals surface area contributed by atoms with Crippen LogP contribution in [0.4, 0.5) is 0 Å². The predicted molar refractivity (Wildman–Crippen MR) is 81.5 cm³/mol. The predicted octanol–water partition coefficient (Wildman–Crippen LogP) is 2.45. The number of nitrogens with zero attached hydrogens (tertiary/aromatic N) is 3. The Morgan fingerprint density at radius 2 is 2.10 bits per heavy atom. The summed E-state index contributed by atoms with van der Waals surface area (Å²) in [6.07, 6.45) is 1.31. The Balaban J connectivity index is 2.10. The summed E-state index contributed by atoms with van der Waals surface area (Å²) >= 11 is 0. The Bertz CT molecular complexity index is 534. The average molecular weight is 311 g/mol. The lowest BCUT2D eigenvalue weighted by Gasteiger charge is -2.36. The van der Waals surface area contributed by atoms with E-state index in [1.807, 2.05) is 4.57 Å². The van der Waals surface area contributed by atoms with E-state index >= 15 is 0 Å². The van der Waals surface area contributed by atoms with Gasteiger partial charge in [-0.25, -0.2) is 0 Å². The molecule has 2 rings (SSSR count). The second-order valence-electron chi connectivity index (χ2n) is 7.27. The summed E-state index contributed by atoms with van der Waals surface area (Å²) in [4.78, 5) is 11.2. The monoisotopic (exact) mass is 311 g/mol. The molecule has 0 aliphatic carbocycles. The van der Waals surface area contributed by atoms with Gasteiger partial charge < -0.3 is 14.1 Å². The van der Waals surface area contributed by atoms with E-state index in [9.17, 15) is 9.90 Å². The van der Waals surface area contributed by atoms with Crippen molar-refractivity contribution in [2.45, 2.75) is 64.9 Å². The van der Waals surface area contributed by atoms with Gasteiger partial charge in [-0.1, -0.05) is 20.8 Å². The third-order valence-corrected chi connectivity index (χ3v) is 9.22. The average Bonchev–Trinajstić information content (AvgIpc) is 2.77. The molecule has 0 bridgehead atoms. The third kappa shape index (κ3) is 3.34. The highest BCUT2D eigenvalue weighted by molar-refractivity contribution is 6.74. The molecule has 0 amide bonds. The van der Waals surface area contributed by atoms with Crippen LogP contribution in [0.25, 0.3) is 0 Å².